The molecule has 2 saturated heterocycles. The molecule has 2 bridgehead atoms. The van der Waals surface area contributed by atoms with E-state index in [-0.39, 0.29) is 0 Å². The van der Waals surface area contributed by atoms with Crippen molar-refractivity contribution in [2.45, 2.75) is 25.8 Å². The topological polar surface area (TPSA) is 15.3 Å². The molecule has 0 aliphatic carbocycles. The third-order valence-electron chi connectivity index (χ3n) is 3.03. The van der Waals surface area contributed by atoms with Gasteiger partial charge in [0, 0.05) is 19.1 Å². The molecule has 0 radical (unpaired) electrons. The Morgan fingerprint density at radius 3 is 3.09 bits per heavy atom. The minimum Gasteiger partial charge on any atom is -0.313 e. The lowest BCUT2D eigenvalue weighted by Gasteiger charge is -2.21. The maximum Gasteiger partial charge on any atom is 0.0235 e. The molecule has 0 amide bonds. The summed E-state index contributed by atoms with van der Waals surface area (Å²) in [6.45, 7) is 7.35. The summed E-state index contributed by atoms with van der Waals surface area (Å²) < 4.78 is 0. The minimum atomic E-state index is 0.808. The summed E-state index contributed by atoms with van der Waals surface area (Å²) >= 11 is 0. The molecular formula is C9H18N2. The second kappa shape index (κ2) is 3.11. The van der Waals surface area contributed by atoms with Crippen molar-refractivity contribution in [3.63, 3.8) is 0 Å². The van der Waals surface area contributed by atoms with Gasteiger partial charge in [-0.25, -0.2) is 0 Å². The van der Waals surface area contributed by atoms with Gasteiger partial charge in [-0.1, -0.05) is 6.92 Å². The highest BCUT2D eigenvalue weighted by atomic mass is 15.2. The van der Waals surface area contributed by atoms with Gasteiger partial charge in [-0.05, 0) is 31.8 Å². The summed E-state index contributed by atoms with van der Waals surface area (Å²) in [7, 11) is 0. The van der Waals surface area contributed by atoms with Crippen molar-refractivity contribution in [3.05, 3.63) is 0 Å². The molecule has 2 rings (SSSR count). The number of hydrogen-bond acceptors (Lipinski definition) is 2. The molecule has 1 N–H and O–H groups in total. The van der Waals surface area contributed by atoms with E-state index in [0.29, 0.717) is 0 Å². The smallest absolute Gasteiger partial charge is 0.0235 e. The molecule has 2 aliphatic rings. The van der Waals surface area contributed by atoms with Gasteiger partial charge in [-0.15, -0.1) is 0 Å². The van der Waals surface area contributed by atoms with Crippen molar-refractivity contribution in [1.29, 1.82) is 0 Å². The molecule has 0 aromatic carbocycles. The van der Waals surface area contributed by atoms with Crippen LogP contribution in [0, 0.1) is 5.92 Å². The molecule has 3 atom stereocenters. The van der Waals surface area contributed by atoms with Gasteiger partial charge in [0.1, 0.15) is 0 Å². The van der Waals surface area contributed by atoms with Gasteiger partial charge in [-0.2, -0.15) is 0 Å². The number of rotatable bonds is 2. The molecular weight excluding hydrogens is 136 g/mol. The predicted octanol–water partition coefficient (Wildman–Crippen LogP) is 0.690. The monoisotopic (exact) mass is 154 g/mol. The highest BCUT2D eigenvalue weighted by molar-refractivity contribution is 4.91. The van der Waals surface area contributed by atoms with Gasteiger partial charge < -0.3 is 10.2 Å². The van der Waals surface area contributed by atoms with E-state index in [1.54, 1.807) is 0 Å². The summed E-state index contributed by atoms with van der Waals surface area (Å²) in [6.07, 6.45) is 2.88. The lowest BCUT2D eigenvalue weighted by molar-refractivity contribution is 0.269. The van der Waals surface area contributed by atoms with E-state index in [1.807, 2.05) is 0 Å². The highest BCUT2D eigenvalue weighted by Gasteiger charge is 2.34. The summed E-state index contributed by atoms with van der Waals surface area (Å²) in [4.78, 5) is 2.60. The van der Waals surface area contributed by atoms with Crippen molar-refractivity contribution in [1.82, 2.24) is 10.2 Å². The van der Waals surface area contributed by atoms with Crippen LogP contribution < -0.4 is 5.32 Å². The third-order valence-corrected chi connectivity index (χ3v) is 3.03. The third kappa shape index (κ3) is 1.42. The van der Waals surface area contributed by atoms with Crippen LogP contribution in [0.3, 0.4) is 0 Å². The summed E-state index contributed by atoms with van der Waals surface area (Å²) in [5, 5.41) is 3.57. The SMILES string of the molecule is CCNC1CN2CCCC1C2. The fraction of sp³-hybridized carbons (Fsp3) is 1.00. The van der Waals surface area contributed by atoms with Crippen LogP contribution in [-0.4, -0.2) is 37.1 Å². The standard InChI is InChI=1S/C9H18N2/c1-2-10-9-7-11-5-3-4-8(9)6-11/h8-10H,2-7H2,1H3. The van der Waals surface area contributed by atoms with Crippen molar-refractivity contribution in [3.8, 4) is 0 Å². The maximum absolute atomic E-state index is 3.57. The highest BCUT2D eigenvalue weighted by Crippen LogP contribution is 2.26. The van der Waals surface area contributed by atoms with Gasteiger partial charge in [0.05, 0.1) is 0 Å². The van der Waals surface area contributed by atoms with E-state index in [4.69, 9.17) is 0 Å². The zero-order chi connectivity index (χ0) is 7.68. The Hall–Kier alpha value is -0.0800. The Bertz CT molecular complexity index is 136. The van der Waals surface area contributed by atoms with E-state index in [9.17, 15) is 0 Å². The number of fused-ring (bicyclic) bond motifs is 2. The molecule has 0 aromatic rings. The Morgan fingerprint density at radius 1 is 1.45 bits per heavy atom. The second-order valence-corrected chi connectivity index (χ2v) is 3.83. The van der Waals surface area contributed by atoms with Crippen LogP contribution in [0.15, 0.2) is 0 Å². The summed E-state index contributed by atoms with van der Waals surface area (Å²) in [5.41, 5.74) is 0. The molecule has 11 heavy (non-hydrogen) atoms. The second-order valence-electron chi connectivity index (χ2n) is 3.83. The Labute approximate surface area is 69.0 Å². The average molecular weight is 154 g/mol. The Morgan fingerprint density at radius 2 is 2.36 bits per heavy atom. The molecule has 0 saturated carbocycles. The summed E-state index contributed by atoms with van der Waals surface area (Å²) in [5.74, 6) is 0.962. The lowest BCUT2D eigenvalue weighted by atomic mass is 9.97. The molecule has 0 aromatic heterocycles. The van der Waals surface area contributed by atoms with Gasteiger partial charge in [0.25, 0.3) is 0 Å². The molecule has 0 spiro atoms. The quantitative estimate of drug-likeness (QED) is 0.629. The van der Waals surface area contributed by atoms with Crippen LogP contribution in [0.4, 0.5) is 0 Å². The van der Waals surface area contributed by atoms with Crippen LogP contribution in [0.25, 0.3) is 0 Å². The van der Waals surface area contributed by atoms with Crippen LogP contribution in [0.2, 0.25) is 0 Å². The molecule has 64 valence electrons. The molecule has 2 heteroatoms. The van der Waals surface area contributed by atoms with Crippen LogP contribution in [0.5, 0.6) is 0 Å². The van der Waals surface area contributed by atoms with E-state index in [0.717, 1.165) is 18.5 Å². The van der Waals surface area contributed by atoms with E-state index in [1.165, 1.54) is 32.5 Å². The lowest BCUT2D eigenvalue weighted by Crippen LogP contribution is -2.35. The number of hydrogen-bond donors (Lipinski definition) is 1. The Balaban J connectivity index is 1.92. The minimum absolute atomic E-state index is 0.808. The first kappa shape index (κ1) is 7.56. The van der Waals surface area contributed by atoms with Crippen molar-refractivity contribution in [2.75, 3.05) is 26.2 Å². The summed E-state index contributed by atoms with van der Waals surface area (Å²) in [6, 6.07) is 0.808. The van der Waals surface area contributed by atoms with Gasteiger partial charge in [0.15, 0.2) is 0 Å². The first-order valence-electron chi connectivity index (χ1n) is 4.86. The Kier molecular flexibility index (Phi) is 2.14. The number of likely N-dealkylation sites (N-methyl/N-ethyl adjacent to an activating group) is 1. The van der Waals surface area contributed by atoms with Crippen molar-refractivity contribution in [2.24, 2.45) is 5.92 Å². The molecule has 2 nitrogen and oxygen atoms in total. The molecule has 2 fully saturated rings. The van der Waals surface area contributed by atoms with E-state index in [2.05, 4.69) is 17.1 Å². The van der Waals surface area contributed by atoms with Crippen LogP contribution >= 0.6 is 0 Å². The number of nitrogens with zero attached hydrogens (tertiary/aromatic N) is 1. The normalized spacial score (nSPS) is 42.8. The van der Waals surface area contributed by atoms with E-state index >= 15 is 0 Å². The van der Waals surface area contributed by atoms with Crippen LogP contribution in [0.1, 0.15) is 19.8 Å². The van der Waals surface area contributed by atoms with Crippen LogP contribution in [-0.2, 0) is 0 Å². The fourth-order valence-electron chi connectivity index (χ4n) is 2.51. The van der Waals surface area contributed by atoms with Gasteiger partial charge >= 0.3 is 0 Å². The number of nitrogens with one attached hydrogen (secondary N) is 1. The zero-order valence-electron chi connectivity index (χ0n) is 7.34. The molecule has 2 aliphatic heterocycles. The zero-order valence-corrected chi connectivity index (χ0v) is 7.34. The first-order chi connectivity index (χ1) is 5.40. The largest absolute Gasteiger partial charge is 0.313 e. The average Bonchev–Trinajstić information content (AvgIpc) is 2.29. The fourth-order valence-corrected chi connectivity index (χ4v) is 2.51. The molecule has 2 heterocycles. The number of piperidine rings is 1. The van der Waals surface area contributed by atoms with Crippen molar-refractivity contribution >= 4 is 0 Å². The molecule has 3 unspecified atom stereocenters. The van der Waals surface area contributed by atoms with E-state index < -0.39 is 0 Å². The predicted molar refractivity (Wildman–Crippen MR) is 46.6 cm³/mol. The first-order valence-corrected chi connectivity index (χ1v) is 4.86. The van der Waals surface area contributed by atoms with Gasteiger partial charge in [-0.3, -0.25) is 0 Å². The van der Waals surface area contributed by atoms with Crippen molar-refractivity contribution < 1.29 is 0 Å². The maximum atomic E-state index is 3.57. The van der Waals surface area contributed by atoms with Gasteiger partial charge in [0.2, 0.25) is 0 Å².